The molecule has 0 amide bonds. The molecule has 122 valence electrons. The van der Waals surface area contributed by atoms with E-state index in [1.165, 1.54) is 7.11 Å². The molecule has 0 saturated heterocycles. The molecular weight excluding hydrogens is 302 g/mol. The largest absolute Gasteiger partial charge is 0.465 e. The van der Waals surface area contributed by atoms with Gasteiger partial charge >= 0.3 is 5.97 Å². The molecule has 0 fully saturated rings. The summed E-state index contributed by atoms with van der Waals surface area (Å²) in [6.45, 7) is 0.648. The van der Waals surface area contributed by atoms with Crippen molar-refractivity contribution in [2.24, 2.45) is 0 Å². The summed E-state index contributed by atoms with van der Waals surface area (Å²) < 4.78 is 6.85. The molecule has 1 heterocycles. The van der Waals surface area contributed by atoms with E-state index in [0.717, 1.165) is 29.1 Å². The topological polar surface area (TPSA) is 70.1 Å². The molecule has 5 heteroatoms. The van der Waals surface area contributed by atoms with Crippen molar-refractivity contribution in [2.45, 2.75) is 13.0 Å². The van der Waals surface area contributed by atoms with Crippen molar-refractivity contribution in [2.75, 3.05) is 12.8 Å². The highest BCUT2D eigenvalue weighted by atomic mass is 16.5. The van der Waals surface area contributed by atoms with Gasteiger partial charge in [0.15, 0.2) is 0 Å². The van der Waals surface area contributed by atoms with E-state index in [1.54, 1.807) is 12.3 Å². The second-order valence-corrected chi connectivity index (χ2v) is 5.58. The van der Waals surface area contributed by atoms with Crippen molar-refractivity contribution in [3.63, 3.8) is 0 Å². The van der Waals surface area contributed by atoms with E-state index >= 15 is 0 Å². The summed E-state index contributed by atoms with van der Waals surface area (Å²) in [6.07, 6.45) is 4.46. The quantitative estimate of drug-likeness (QED) is 0.579. The van der Waals surface area contributed by atoms with Crippen LogP contribution in [0.4, 0.5) is 5.69 Å². The van der Waals surface area contributed by atoms with Crippen LogP contribution >= 0.6 is 0 Å². The molecule has 0 saturated carbocycles. The van der Waals surface area contributed by atoms with Crippen LogP contribution in [0.25, 0.3) is 0 Å². The van der Waals surface area contributed by atoms with Gasteiger partial charge in [-0.1, -0.05) is 24.3 Å². The van der Waals surface area contributed by atoms with Gasteiger partial charge in [-0.25, -0.2) is 9.78 Å². The van der Waals surface area contributed by atoms with Gasteiger partial charge in [0.1, 0.15) is 5.82 Å². The normalized spacial score (nSPS) is 10.5. The maximum Gasteiger partial charge on any atom is 0.337 e. The fourth-order valence-corrected chi connectivity index (χ4v) is 2.58. The lowest BCUT2D eigenvalue weighted by molar-refractivity contribution is 0.0600. The van der Waals surface area contributed by atoms with Crippen LogP contribution in [0.1, 0.15) is 27.3 Å². The fourth-order valence-electron chi connectivity index (χ4n) is 2.58. The zero-order chi connectivity index (χ0) is 16.9. The van der Waals surface area contributed by atoms with E-state index in [9.17, 15) is 4.79 Å². The zero-order valence-electron chi connectivity index (χ0n) is 13.5. The summed E-state index contributed by atoms with van der Waals surface area (Å²) in [5.74, 6) is 0.632. The van der Waals surface area contributed by atoms with Crippen LogP contribution in [0, 0.1) is 0 Å². The van der Waals surface area contributed by atoms with Crippen LogP contribution in [0.5, 0.6) is 0 Å². The van der Waals surface area contributed by atoms with E-state index in [0.29, 0.717) is 12.1 Å². The minimum absolute atomic E-state index is 0.329. The fraction of sp³-hybridized carbons (Fsp3) is 0.158. The molecule has 0 aliphatic rings. The monoisotopic (exact) mass is 321 g/mol. The van der Waals surface area contributed by atoms with Crippen LogP contribution in [0.15, 0.2) is 60.9 Å². The Kier molecular flexibility index (Phi) is 4.61. The zero-order valence-corrected chi connectivity index (χ0v) is 13.5. The Morgan fingerprint density at radius 2 is 1.96 bits per heavy atom. The first-order chi connectivity index (χ1) is 11.7. The number of nitrogens with two attached hydrogens (primary N) is 1. The van der Waals surface area contributed by atoms with Crippen molar-refractivity contribution in [1.82, 2.24) is 9.55 Å². The number of rotatable bonds is 5. The van der Waals surface area contributed by atoms with Gasteiger partial charge in [-0.05, 0) is 35.4 Å². The van der Waals surface area contributed by atoms with E-state index in [4.69, 9.17) is 10.5 Å². The van der Waals surface area contributed by atoms with Gasteiger partial charge < -0.3 is 15.0 Å². The SMILES string of the molecule is COC(=O)c1cccc(Cn2ccnc2Cc2ccc(N)cc2)c1. The summed E-state index contributed by atoms with van der Waals surface area (Å²) in [5, 5.41) is 0. The molecule has 2 aromatic carbocycles. The number of esters is 1. The molecule has 2 N–H and O–H groups in total. The Bertz CT molecular complexity index is 838. The number of benzene rings is 2. The van der Waals surface area contributed by atoms with Gasteiger partial charge in [-0.2, -0.15) is 0 Å². The molecule has 0 atom stereocenters. The van der Waals surface area contributed by atoms with E-state index in [1.807, 2.05) is 48.7 Å². The van der Waals surface area contributed by atoms with Gasteiger partial charge in [0.25, 0.3) is 0 Å². The third kappa shape index (κ3) is 3.63. The predicted octanol–water partition coefficient (Wildman–Crippen LogP) is 2.89. The maximum absolute atomic E-state index is 11.7. The Morgan fingerprint density at radius 1 is 1.17 bits per heavy atom. The summed E-state index contributed by atoms with van der Waals surface area (Å²) in [6, 6.07) is 15.2. The number of methoxy groups -OCH3 is 1. The van der Waals surface area contributed by atoms with Gasteiger partial charge in [-0.3, -0.25) is 0 Å². The van der Waals surface area contributed by atoms with Crippen LogP contribution in [-0.4, -0.2) is 22.6 Å². The van der Waals surface area contributed by atoms with Gasteiger partial charge in [0.2, 0.25) is 0 Å². The molecule has 0 bridgehead atoms. The molecule has 0 spiro atoms. The summed E-state index contributed by atoms with van der Waals surface area (Å²) in [4.78, 5) is 16.1. The lowest BCUT2D eigenvalue weighted by Crippen LogP contribution is -2.07. The Morgan fingerprint density at radius 3 is 2.71 bits per heavy atom. The average molecular weight is 321 g/mol. The highest BCUT2D eigenvalue weighted by Crippen LogP contribution is 2.13. The Labute approximate surface area is 140 Å². The summed E-state index contributed by atoms with van der Waals surface area (Å²) >= 11 is 0. The van der Waals surface area contributed by atoms with Gasteiger partial charge in [-0.15, -0.1) is 0 Å². The smallest absolute Gasteiger partial charge is 0.337 e. The molecular formula is C19H19N3O2. The average Bonchev–Trinajstić information content (AvgIpc) is 3.03. The van der Waals surface area contributed by atoms with E-state index in [2.05, 4.69) is 9.55 Å². The number of carbonyl (C=O) groups excluding carboxylic acids is 1. The molecule has 24 heavy (non-hydrogen) atoms. The highest BCUT2D eigenvalue weighted by molar-refractivity contribution is 5.89. The molecule has 1 aromatic heterocycles. The number of hydrogen-bond acceptors (Lipinski definition) is 4. The second kappa shape index (κ2) is 7.00. The molecule has 5 nitrogen and oxygen atoms in total. The summed E-state index contributed by atoms with van der Waals surface area (Å²) in [7, 11) is 1.38. The first-order valence-corrected chi connectivity index (χ1v) is 7.67. The molecule has 0 radical (unpaired) electrons. The van der Waals surface area contributed by atoms with E-state index in [-0.39, 0.29) is 5.97 Å². The third-order valence-electron chi connectivity index (χ3n) is 3.84. The third-order valence-corrected chi connectivity index (χ3v) is 3.84. The lowest BCUT2D eigenvalue weighted by atomic mass is 10.1. The standard InChI is InChI=1S/C19H19N3O2/c1-24-19(23)16-4-2-3-15(11-16)13-22-10-9-21-18(22)12-14-5-7-17(20)8-6-14/h2-11H,12-13,20H2,1H3. The van der Waals surface area contributed by atoms with Crippen LogP contribution in [0.2, 0.25) is 0 Å². The van der Waals surface area contributed by atoms with Crippen molar-refractivity contribution in [3.05, 3.63) is 83.4 Å². The van der Waals surface area contributed by atoms with Crippen molar-refractivity contribution < 1.29 is 9.53 Å². The molecule has 3 aromatic rings. The molecule has 0 aliphatic carbocycles. The summed E-state index contributed by atoms with van der Waals surface area (Å²) in [5.41, 5.74) is 9.20. The van der Waals surface area contributed by atoms with Crippen molar-refractivity contribution in [1.29, 1.82) is 0 Å². The Hall–Kier alpha value is -3.08. The number of carbonyl (C=O) groups is 1. The number of ether oxygens (including phenoxy) is 1. The molecule has 0 aliphatic heterocycles. The lowest BCUT2D eigenvalue weighted by Gasteiger charge is -2.09. The number of nitrogens with zero attached hydrogens (tertiary/aromatic N) is 2. The number of hydrogen-bond donors (Lipinski definition) is 1. The van der Waals surface area contributed by atoms with Crippen LogP contribution in [0.3, 0.4) is 0 Å². The van der Waals surface area contributed by atoms with Crippen LogP contribution in [-0.2, 0) is 17.7 Å². The maximum atomic E-state index is 11.7. The molecule has 3 rings (SSSR count). The minimum Gasteiger partial charge on any atom is -0.465 e. The minimum atomic E-state index is -0.329. The highest BCUT2D eigenvalue weighted by Gasteiger charge is 2.08. The first-order valence-electron chi connectivity index (χ1n) is 7.67. The van der Waals surface area contributed by atoms with Gasteiger partial charge in [0.05, 0.1) is 12.7 Å². The number of imidazole rings is 1. The predicted molar refractivity (Wildman–Crippen MR) is 92.8 cm³/mol. The number of nitrogen functional groups attached to an aromatic ring is 1. The second-order valence-electron chi connectivity index (χ2n) is 5.58. The van der Waals surface area contributed by atoms with Crippen molar-refractivity contribution >= 4 is 11.7 Å². The first kappa shape index (κ1) is 15.8. The number of aromatic nitrogens is 2. The van der Waals surface area contributed by atoms with Crippen LogP contribution < -0.4 is 5.73 Å². The number of anilines is 1. The Balaban J connectivity index is 1.78. The van der Waals surface area contributed by atoms with Crippen molar-refractivity contribution in [3.8, 4) is 0 Å². The van der Waals surface area contributed by atoms with Gasteiger partial charge in [0, 0.05) is 31.0 Å². The van der Waals surface area contributed by atoms with E-state index < -0.39 is 0 Å². The molecule has 0 unspecified atom stereocenters.